The van der Waals surface area contributed by atoms with E-state index in [4.69, 9.17) is 19.9 Å². The Kier molecular flexibility index (Phi) is 8.76. The first-order valence-corrected chi connectivity index (χ1v) is 11.2. The van der Waals surface area contributed by atoms with Gasteiger partial charge in [-0.25, -0.2) is 9.50 Å². The molecule has 1 saturated carbocycles. The highest BCUT2D eigenvalue weighted by molar-refractivity contribution is 5.75. The van der Waals surface area contributed by atoms with Gasteiger partial charge in [-0.15, -0.1) is 0 Å². The van der Waals surface area contributed by atoms with Crippen LogP contribution in [0.2, 0.25) is 0 Å². The molecule has 0 unspecified atom stereocenters. The number of fused-ring (bicyclic) bond motifs is 1. The second-order valence-electron chi connectivity index (χ2n) is 8.41. The standard InChI is InChI=1S/C22H32N6O6/c1-14(21(31)34-15-6-4-3-5-7-15)26-13-33-11-22(10-23,32-2)19(30)18(29)16-8-9-17-20(24)25-12-27-28(16)17/h8-9,12,14-15,18-19,26,29-30H,3-7,11,13H2,1-2H3,(H2,24,25,27)/t14-,18-,19-,22+/m0/s1. The quantitative estimate of drug-likeness (QED) is 0.201. The monoisotopic (exact) mass is 476 g/mol. The van der Waals surface area contributed by atoms with E-state index in [1.165, 1.54) is 30.4 Å². The Balaban J connectivity index is 1.57. The van der Waals surface area contributed by atoms with E-state index in [2.05, 4.69) is 15.4 Å². The van der Waals surface area contributed by atoms with E-state index >= 15 is 0 Å². The number of carbonyl (C=O) groups excluding carboxylic acids is 1. The highest BCUT2D eigenvalue weighted by Gasteiger charge is 2.44. The van der Waals surface area contributed by atoms with Crippen LogP contribution in [0.4, 0.5) is 5.82 Å². The number of nitrogens with one attached hydrogen (secondary N) is 1. The van der Waals surface area contributed by atoms with Crippen molar-refractivity contribution in [3.05, 3.63) is 24.2 Å². The Morgan fingerprint density at radius 3 is 2.79 bits per heavy atom. The van der Waals surface area contributed by atoms with Crippen molar-refractivity contribution in [3.63, 3.8) is 0 Å². The summed E-state index contributed by atoms with van der Waals surface area (Å²) in [6.45, 7) is 1.18. The highest BCUT2D eigenvalue weighted by Crippen LogP contribution is 2.29. The van der Waals surface area contributed by atoms with Gasteiger partial charge >= 0.3 is 5.97 Å². The Morgan fingerprint density at radius 2 is 2.12 bits per heavy atom. The average molecular weight is 477 g/mol. The second-order valence-corrected chi connectivity index (χ2v) is 8.41. The number of nitrogen functional groups attached to an aromatic ring is 1. The lowest BCUT2D eigenvalue weighted by Crippen LogP contribution is -2.51. The first kappa shape index (κ1) is 25.8. The molecule has 1 aliphatic rings. The molecule has 0 bridgehead atoms. The predicted octanol–water partition coefficient (Wildman–Crippen LogP) is 0.443. The van der Waals surface area contributed by atoms with E-state index < -0.39 is 23.9 Å². The molecule has 1 aliphatic carbocycles. The number of nitrogens with zero attached hydrogens (tertiary/aromatic N) is 4. The van der Waals surface area contributed by atoms with Crippen molar-refractivity contribution >= 4 is 17.3 Å². The maximum atomic E-state index is 12.3. The van der Waals surface area contributed by atoms with Gasteiger partial charge in [-0.2, -0.15) is 10.4 Å². The summed E-state index contributed by atoms with van der Waals surface area (Å²) in [6, 6.07) is 4.39. The Bertz CT molecular complexity index is 1000. The van der Waals surface area contributed by atoms with Gasteiger partial charge in [0.05, 0.1) is 19.0 Å². The zero-order valence-electron chi connectivity index (χ0n) is 19.4. The minimum absolute atomic E-state index is 0.0476. The van der Waals surface area contributed by atoms with E-state index in [-0.39, 0.29) is 36.9 Å². The van der Waals surface area contributed by atoms with Crippen LogP contribution in [0.1, 0.15) is 50.8 Å². The number of rotatable bonds is 11. The van der Waals surface area contributed by atoms with E-state index in [1.807, 2.05) is 6.07 Å². The van der Waals surface area contributed by atoms with Crippen LogP contribution in [0, 0.1) is 11.3 Å². The number of methoxy groups -OCH3 is 1. The molecule has 2 aromatic heterocycles. The van der Waals surface area contributed by atoms with Crippen LogP contribution < -0.4 is 11.1 Å². The summed E-state index contributed by atoms with van der Waals surface area (Å²) in [7, 11) is 1.23. The smallest absolute Gasteiger partial charge is 0.323 e. The highest BCUT2D eigenvalue weighted by atomic mass is 16.6. The Hall–Kier alpha value is -2.82. The number of aliphatic hydroxyl groups is 2. The van der Waals surface area contributed by atoms with Crippen LogP contribution in [-0.4, -0.2) is 75.1 Å². The second kappa shape index (κ2) is 11.5. The topological polar surface area (TPSA) is 177 Å². The molecule has 186 valence electrons. The molecule has 5 N–H and O–H groups in total. The third-order valence-electron chi connectivity index (χ3n) is 6.14. The molecule has 2 heterocycles. The molecule has 0 radical (unpaired) electrons. The Morgan fingerprint density at radius 1 is 1.38 bits per heavy atom. The minimum atomic E-state index is -1.89. The third-order valence-corrected chi connectivity index (χ3v) is 6.14. The largest absolute Gasteiger partial charge is 0.461 e. The van der Waals surface area contributed by atoms with Gasteiger partial charge in [0.15, 0.2) is 5.82 Å². The number of nitrogens with two attached hydrogens (primary N) is 1. The first-order chi connectivity index (χ1) is 16.3. The maximum absolute atomic E-state index is 12.3. The van der Waals surface area contributed by atoms with Crippen molar-refractivity contribution < 1.29 is 29.2 Å². The molecule has 34 heavy (non-hydrogen) atoms. The lowest BCUT2D eigenvalue weighted by Gasteiger charge is -2.32. The molecule has 4 atom stereocenters. The fourth-order valence-corrected chi connectivity index (χ4v) is 3.94. The van der Waals surface area contributed by atoms with Crippen LogP contribution in [0.5, 0.6) is 0 Å². The van der Waals surface area contributed by atoms with Gasteiger partial charge in [0.1, 0.15) is 42.3 Å². The SMILES string of the molecule is CO[C@](C#N)(COCN[C@@H](C)C(=O)OC1CCCCC1)[C@@H](O)[C@@H](O)c1ccc2c(N)ncnn12. The molecular weight excluding hydrogens is 444 g/mol. The molecule has 0 spiro atoms. The maximum Gasteiger partial charge on any atom is 0.323 e. The average Bonchev–Trinajstić information content (AvgIpc) is 3.29. The van der Waals surface area contributed by atoms with Crippen LogP contribution in [0.25, 0.3) is 5.52 Å². The molecule has 0 aliphatic heterocycles. The van der Waals surface area contributed by atoms with Gasteiger partial charge in [0, 0.05) is 7.11 Å². The van der Waals surface area contributed by atoms with E-state index in [0.29, 0.717) is 5.52 Å². The van der Waals surface area contributed by atoms with Crippen molar-refractivity contribution in [2.24, 2.45) is 0 Å². The number of carbonyl (C=O) groups is 1. The summed E-state index contributed by atoms with van der Waals surface area (Å²) in [5, 5.41) is 38.3. The van der Waals surface area contributed by atoms with Crippen molar-refractivity contribution in [2.75, 3.05) is 26.2 Å². The van der Waals surface area contributed by atoms with E-state index in [0.717, 1.165) is 25.7 Å². The van der Waals surface area contributed by atoms with Gasteiger partial charge in [-0.3, -0.25) is 10.1 Å². The van der Waals surface area contributed by atoms with Gasteiger partial charge in [-0.1, -0.05) is 6.42 Å². The molecule has 1 fully saturated rings. The third kappa shape index (κ3) is 5.63. The molecule has 0 aromatic carbocycles. The molecule has 2 aromatic rings. The van der Waals surface area contributed by atoms with Crippen molar-refractivity contribution in [1.29, 1.82) is 5.26 Å². The summed E-state index contributed by atoms with van der Waals surface area (Å²) in [6.07, 6.45) is 2.98. The summed E-state index contributed by atoms with van der Waals surface area (Å²) < 4.78 is 17.6. The van der Waals surface area contributed by atoms with E-state index in [1.54, 1.807) is 13.0 Å². The number of hydrogen-bond acceptors (Lipinski definition) is 11. The number of anilines is 1. The van der Waals surface area contributed by atoms with Crippen LogP contribution in [-0.2, 0) is 19.0 Å². The molecule has 3 rings (SSSR count). The van der Waals surface area contributed by atoms with Gasteiger partial charge in [-0.05, 0) is 44.7 Å². The number of nitriles is 1. The lowest BCUT2D eigenvalue weighted by molar-refractivity contribution is -0.155. The van der Waals surface area contributed by atoms with Gasteiger partial charge in [0.25, 0.3) is 0 Å². The van der Waals surface area contributed by atoms with Crippen LogP contribution in [0.3, 0.4) is 0 Å². The molecular formula is C22H32N6O6. The predicted molar refractivity (Wildman–Crippen MR) is 120 cm³/mol. The number of aliphatic hydroxyl groups excluding tert-OH is 2. The van der Waals surface area contributed by atoms with Gasteiger partial charge < -0.3 is 30.2 Å². The minimum Gasteiger partial charge on any atom is -0.461 e. The molecule has 0 saturated heterocycles. The summed E-state index contributed by atoms with van der Waals surface area (Å²) in [4.78, 5) is 16.1. The zero-order valence-corrected chi connectivity index (χ0v) is 19.4. The lowest BCUT2D eigenvalue weighted by atomic mass is 9.93. The number of aromatic nitrogens is 3. The number of esters is 1. The van der Waals surface area contributed by atoms with Crippen LogP contribution in [0.15, 0.2) is 18.5 Å². The normalized spacial score (nSPS) is 19.1. The molecule has 12 nitrogen and oxygen atoms in total. The zero-order chi connectivity index (χ0) is 24.7. The first-order valence-electron chi connectivity index (χ1n) is 11.2. The molecule has 0 amide bonds. The number of ether oxygens (including phenoxy) is 3. The number of hydrogen-bond donors (Lipinski definition) is 4. The van der Waals surface area contributed by atoms with Crippen molar-refractivity contribution in [3.8, 4) is 6.07 Å². The van der Waals surface area contributed by atoms with Crippen molar-refractivity contribution in [1.82, 2.24) is 19.9 Å². The summed E-state index contributed by atoms with van der Waals surface area (Å²) in [5.74, 6) is -0.169. The van der Waals surface area contributed by atoms with E-state index in [9.17, 15) is 20.3 Å². The fraction of sp³-hybridized carbons (Fsp3) is 0.636. The Labute approximate surface area is 197 Å². The van der Waals surface area contributed by atoms with Crippen LogP contribution >= 0.6 is 0 Å². The summed E-state index contributed by atoms with van der Waals surface area (Å²) >= 11 is 0. The summed E-state index contributed by atoms with van der Waals surface area (Å²) in [5.41, 5.74) is 4.56. The fourth-order valence-electron chi connectivity index (χ4n) is 3.94. The van der Waals surface area contributed by atoms with Gasteiger partial charge in [0.2, 0.25) is 5.60 Å². The molecule has 12 heteroatoms. The van der Waals surface area contributed by atoms with Crippen molar-refractivity contribution in [2.45, 2.75) is 69.0 Å².